The lowest BCUT2D eigenvalue weighted by molar-refractivity contribution is 0.102. The van der Waals surface area contributed by atoms with Crippen LogP contribution in [0.25, 0.3) is 6.08 Å². The molecule has 0 saturated heterocycles. The van der Waals surface area contributed by atoms with Crippen molar-refractivity contribution in [1.82, 2.24) is 0 Å². The molecule has 3 nitrogen and oxygen atoms in total. The Hall–Kier alpha value is -2.55. The fourth-order valence-electron chi connectivity index (χ4n) is 2.64. The zero-order valence-corrected chi connectivity index (χ0v) is 16.5. The highest BCUT2D eigenvalue weighted by Gasteiger charge is 2.08. The first kappa shape index (κ1) is 19.8. The number of hydrogen-bond acceptors (Lipinski definition) is 2. The molecule has 0 bridgehead atoms. The van der Waals surface area contributed by atoms with Crippen LogP contribution in [0.4, 0.5) is 11.4 Å². The van der Waals surface area contributed by atoms with E-state index in [1.54, 1.807) is 0 Å². The Morgan fingerprint density at radius 3 is 2.04 bits per heavy atom. The lowest BCUT2D eigenvalue weighted by Crippen LogP contribution is -2.21. The van der Waals surface area contributed by atoms with Gasteiger partial charge in [-0.1, -0.05) is 45.1 Å². The third-order valence-electron chi connectivity index (χ3n) is 4.20. The summed E-state index contributed by atoms with van der Waals surface area (Å²) in [4.78, 5) is 14.7. The van der Waals surface area contributed by atoms with Crippen LogP contribution in [0.2, 0.25) is 0 Å². The second-order valence-corrected chi connectivity index (χ2v) is 7.49. The predicted molar refractivity (Wildman–Crippen MR) is 113 cm³/mol. The summed E-state index contributed by atoms with van der Waals surface area (Å²) in [5, 5.41) is 2.96. The highest BCUT2D eigenvalue weighted by molar-refractivity contribution is 6.04. The third-order valence-corrected chi connectivity index (χ3v) is 4.20. The zero-order valence-electron chi connectivity index (χ0n) is 16.5. The highest BCUT2D eigenvalue weighted by Crippen LogP contribution is 2.19. The Morgan fingerprint density at radius 2 is 1.54 bits per heavy atom. The minimum Gasteiger partial charge on any atom is -0.372 e. The van der Waals surface area contributed by atoms with Gasteiger partial charge in [0.05, 0.1) is 0 Å². The van der Waals surface area contributed by atoms with Gasteiger partial charge >= 0.3 is 0 Å². The van der Waals surface area contributed by atoms with Gasteiger partial charge in [0.1, 0.15) is 0 Å². The standard InChI is InChI=1S/C23H30N2O/c1-6-25(7-2)21-14-12-20(13-15-21)24-22(26)19-10-8-18(9-11-19)16-17-23(3,4)5/h8-17H,6-7H2,1-5H3,(H,24,26). The first-order valence-corrected chi connectivity index (χ1v) is 9.28. The van der Waals surface area contributed by atoms with E-state index >= 15 is 0 Å². The number of amides is 1. The lowest BCUT2D eigenvalue weighted by atomic mass is 9.95. The minimum absolute atomic E-state index is 0.0908. The molecule has 1 N–H and O–H groups in total. The SMILES string of the molecule is CCN(CC)c1ccc(NC(=O)c2ccc(C=CC(C)(C)C)cc2)cc1. The van der Waals surface area contributed by atoms with E-state index in [1.165, 1.54) is 5.69 Å². The van der Waals surface area contributed by atoms with E-state index < -0.39 is 0 Å². The molecule has 0 saturated carbocycles. The second kappa shape index (κ2) is 8.70. The maximum atomic E-state index is 12.4. The molecule has 0 radical (unpaired) electrons. The Bertz CT molecular complexity index is 733. The van der Waals surface area contributed by atoms with Crippen molar-refractivity contribution in [3.8, 4) is 0 Å². The molecule has 0 unspecified atom stereocenters. The van der Waals surface area contributed by atoms with Crippen LogP contribution in [-0.4, -0.2) is 19.0 Å². The summed E-state index contributed by atoms with van der Waals surface area (Å²) in [5.74, 6) is -0.0908. The summed E-state index contributed by atoms with van der Waals surface area (Å²) in [7, 11) is 0. The van der Waals surface area contributed by atoms with Gasteiger partial charge < -0.3 is 10.2 Å². The monoisotopic (exact) mass is 350 g/mol. The largest absolute Gasteiger partial charge is 0.372 e. The van der Waals surface area contributed by atoms with Crippen molar-refractivity contribution in [3.63, 3.8) is 0 Å². The van der Waals surface area contributed by atoms with E-state index in [9.17, 15) is 4.79 Å². The van der Waals surface area contributed by atoms with E-state index in [1.807, 2.05) is 48.5 Å². The maximum Gasteiger partial charge on any atom is 0.255 e. The van der Waals surface area contributed by atoms with Crippen LogP contribution in [0.5, 0.6) is 0 Å². The molecule has 2 aromatic carbocycles. The summed E-state index contributed by atoms with van der Waals surface area (Å²) >= 11 is 0. The van der Waals surface area contributed by atoms with Gasteiger partial charge in [-0.25, -0.2) is 0 Å². The number of carbonyl (C=O) groups excluding carboxylic acids is 1. The van der Waals surface area contributed by atoms with Crippen LogP contribution >= 0.6 is 0 Å². The molecule has 0 fully saturated rings. The Labute approximate surface area is 157 Å². The summed E-state index contributed by atoms with van der Waals surface area (Å²) < 4.78 is 0. The van der Waals surface area contributed by atoms with Crippen molar-refractivity contribution in [2.45, 2.75) is 34.6 Å². The average molecular weight is 351 g/mol. The van der Waals surface area contributed by atoms with E-state index in [2.05, 4.69) is 57.0 Å². The van der Waals surface area contributed by atoms with Crippen molar-refractivity contribution in [1.29, 1.82) is 0 Å². The molecule has 0 aromatic heterocycles. The number of nitrogens with zero attached hydrogens (tertiary/aromatic N) is 1. The van der Waals surface area contributed by atoms with Crippen LogP contribution in [-0.2, 0) is 0 Å². The topological polar surface area (TPSA) is 32.3 Å². The molecule has 2 aromatic rings. The fraction of sp³-hybridized carbons (Fsp3) is 0.348. The number of anilines is 2. The van der Waals surface area contributed by atoms with Gasteiger partial charge in [0.25, 0.3) is 5.91 Å². The van der Waals surface area contributed by atoms with Gasteiger partial charge in [-0.05, 0) is 61.2 Å². The molecule has 0 aliphatic heterocycles. The van der Waals surface area contributed by atoms with Crippen LogP contribution in [0.15, 0.2) is 54.6 Å². The van der Waals surface area contributed by atoms with Crippen molar-refractivity contribution < 1.29 is 4.79 Å². The molecule has 26 heavy (non-hydrogen) atoms. The van der Waals surface area contributed by atoms with Crippen molar-refractivity contribution in [3.05, 3.63) is 65.7 Å². The first-order valence-electron chi connectivity index (χ1n) is 9.28. The summed E-state index contributed by atoms with van der Waals surface area (Å²) in [6.07, 6.45) is 4.26. The van der Waals surface area contributed by atoms with Crippen molar-refractivity contribution in [2.24, 2.45) is 5.41 Å². The first-order chi connectivity index (χ1) is 12.3. The van der Waals surface area contributed by atoms with E-state index in [4.69, 9.17) is 0 Å². The zero-order chi connectivity index (χ0) is 19.2. The molecule has 0 spiro atoms. The molecule has 0 atom stereocenters. The van der Waals surface area contributed by atoms with Gasteiger partial charge in [0.2, 0.25) is 0 Å². The summed E-state index contributed by atoms with van der Waals surface area (Å²) in [6.45, 7) is 12.7. The van der Waals surface area contributed by atoms with Gasteiger partial charge in [0, 0.05) is 30.0 Å². The number of carbonyl (C=O) groups is 1. The summed E-state index contributed by atoms with van der Waals surface area (Å²) in [5.41, 5.74) is 3.88. The van der Waals surface area contributed by atoms with Gasteiger partial charge in [0.15, 0.2) is 0 Å². The average Bonchev–Trinajstić information content (AvgIpc) is 2.62. The smallest absolute Gasteiger partial charge is 0.255 e. The molecule has 3 heteroatoms. The van der Waals surface area contributed by atoms with Crippen molar-refractivity contribution in [2.75, 3.05) is 23.3 Å². The quantitative estimate of drug-likeness (QED) is 0.709. The minimum atomic E-state index is -0.0908. The van der Waals surface area contributed by atoms with Crippen LogP contribution in [0.3, 0.4) is 0 Å². The van der Waals surface area contributed by atoms with Crippen LogP contribution < -0.4 is 10.2 Å². The number of nitrogens with one attached hydrogen (secondary N) is 1. The molecule has 0 aliphatic rings. The number of allylic oxidation sites excluding steroid dienone is 1. The highest BCUT2D eigenvalue weighted by atomic mass is 16.1. The van der Waals surface area contributed by atoms with Crippen LogP contribution in [0.1, 0.15) is 50.5 Å². The molecule has 1 amide bonds. The third kappa shape index (κ3) is 5.76. The maximum absolute atomic E-state index is 12.4. The molecular weight excluding hydrogens is 320 g/mol. The fourth-order valence-corrected chi connectivity index (χ4v) is 2.64. The Kier molecular flexibility index (Phi) is 6.62. The number of rotatable bonds is 6. The Morgan fingerprint density at radius 1 is 0.962 bits per heavy atom. The summed E-state index contributed by atoms with van der Waals surface area (Å²) in [6, 6.07) is 15.7. The Balaban J connectivity index is 2.02. The molecule has 0 aliphatic carbocycles. The normalized spacial score (nSPS) is 11.6. The molecule has 0 heterocycles. The number of benzene rings is 2. The van der Waals surface area contributed by atoms with Gasteiger partial charge in [-0.15, -0.1) is 0 Å². The predicted octanol–water partition coefficient (Wildman–Crippen LogP) is 5.84. The molecular formula is C23H30N2O. The van der Waals surface area contributed by atoms with Gasteiger partial charge in [-0.2, -0.15) is 0 Å². The molecule has 138 valence electrons. The van der Waals surface area contributed by atoms with Crippen molar-refractivity contribution >= 4 is 23.4 Å². The van der Waals surface area contributed by atoms with Crippen LogP contribution in [0, 0.1) is 5.41 Å². The van der Waals surface area contributed by atoms with E-state index in [0.29, 0.717) is 5.56 Å². The number of hydrogen-bond donors (Lipinski definition) is 1. The lowest BCUT2D eigenvalue weighted by Gasteiger charge is -2.21. The second-order valence-electron chi connectivity index (χ2n) is 7.49. The van der Waals surface area contributed by atoms with E-state index in [0.717, 1.165) is 24.3 Å². The molecule has 2 rings (SSSR count). The van der Waals surface area contributed by atoms with Gasteiger partial charge in [-0.3, -0.25) is 4.79 Å². The van der Waals surface area contributed by atoms with E-state index in [-0.39, 0.29) is 11.3 Å².